The Labute approximate surface area is 165 Å². The summed E-state index contributed by atoms with van der Waals surface area (Å²) in [4.78, 5) is 11.8. The highest BCUT2D eigenvalue weighted by molar-refractivity contribution is 7.98. The van der Waals surface area contributed by atoms with Crippen LogP contribution in [0.15, 0.2) is 11.2 Å². The van der Waals surface area contributed by atoms with Crippen LogP contribution >= 0.6 is 11.8 Å². The monoisotopic (exact) mass is 386 g/mol. The molecule has 1 aliphatic heterocycles. The van der Waals surface area contributed by atoms with Crippen molar-refractivity contribution in [1.29, 1.82) is 0 Å². The Hall–Kier alpha value is -1.60. The van der Waals surface area contributed by atoms with E-state index < -0.39 is 0 Å². The standard InChI is InChI=1S/C20H30N6S/c1-20(2)8-5-14-16(12-20)24-25-18(14)15-11-17(23-19(22-15)27-4)21-13-6-9-26(3)10-7-13/h11,13H,5-10,12H2,1-4H3,(H,24,25)(H,21,22,23). The number of H-pyrrole nitrogens is 1. The maximum Gasteiger partial charge on any atom is 0.189 e. The van der Waals surface area contributed by atoms with Gasteiger partial charge in [0.2, 0.25) is 0 Å². The highest BCUT2D eigenvalue weighted by Crippen LogP contribution is 2.37. The van der Waals surface area contributed by atoms with Crippen molar-refractivity contribution in [3.05, 3.63) is 17.3 Å². The third-order valence-corrected chi connectivity index (χ3v) is 6.41. The zero-order valence-corrected chi connectivity index (χ0v) is 17.6. The molecule has 2 aromatic heterocycles. The largest absolute Gasteiger partial charge is 0.367 e. The fourth-order valence-electron chi connectivity index (χ4n) is 4.13. The average Bonchev–Trinajstić information content (AvgIpc) is 3.05. The predicted octanol–water partition coefficient (Wildman–Crippen LogP) is 3.61. The van der Waals surface area contributed by atoms with Crippen LogP contribution in [-0.2, 0) is 12.8 Å². The summed E-state index contributed by atoms with van der Waals surface area (Å²) in [5.74, 6) is 0.923. The third-order valence-electron chi connectivity index (χ3n) is 5.86. The normalized spacial score (nSPS) is 20.4. The summed E-state index contributed by atoms with van der Waals surface area (Å²) in [6.45, 7) is 6.93. The van der Waals surface area contributed by atoms with Gasteiger partial charge in [-0.15, -0.1) is 0 Å². The van der Waals surface area contributed by atoms with E-state index in [2.05, 4.69) is 47.4 Å². The van der Waals surface area contributed by atoms with Crippen LogP contribution in [0.2, 0.25) is 0 Å². The molecule has 0 radical (unpaired) electrons. The number of fused-ring (bicyclic) bond motifs is 1. The Balaban J connectivity index is 1.61. The molecule has 6 nitrogen and oxygen atoms in total. The second kappa shape index (κ2) is 7.43. The Morgan fingerprint density at radius 3 is 2.78 bits per heavy atom. The van der Waals surface area contributed by atoms with Crippen LogP contribution in [0.4, 0.5) is 5.82 Å². The lowest BCUT2D eigenvalue weighted by Gasteiger charge is -2.30. The van der Waals surface area contributed by atoms with E-state index in [1.54, 1.807) is 11.8 Å². The molecular formula is C20H30N6S. The smallest absolute Gasteiger partial charge is 0.189 e. The van der Waals surface area contributed by atoms with E-state index in [-0.39, 0.29) is 0 Å². The van der Waals surface area contributed by atoms with Crippen LogP contribution in [0.1, 0.15) is 44.4 Å². The van der Waals surface area contributed by atoms with Gasteiger partial charge in [-0.2, -0.15) is 5.10 Å². The number of hydrogen-bond acceptors (Lipinski definition) is 6. The Morgan fingerprint density at radius 2 is 2.04 bits per heavy atom. The lowest BCUT2D eigenvalue weighted by atomic mass is 9.76. The van der Waals surface area contributed by atoms with Crippen LogP contribution in [-0.4, -0.2) is 57.5 Å². The van der Waals surface area contributed by atoms with Gasteiger partial charge in [0.05, 0.1) is 5.69 Å². The van der Waals surface area contributed by atoms with E-state index in [1.165, 1.54) is 17.7 Å². The van der Waals surface area contributed by atoms with E-state index in [9.17, 15) is 0 Å². The number of hydrogen-bond donors (Lipinski definition) is 2. The van der Waals surface area contributed by atoms with Crippen LogP contribution in [0, 0.1) is 5.41 Å². The SMILES string of the molecule is CSc1nc(NC2CCN(C)CC2)cc(-c2n[nH]c3c2CCC(C)(C)C3)n1. The number of nitrogens with one attached hydrogen (secondary N) is 2. The van der Waals surface area contributed by atoms with Crippen molar-refractivity contribution < 1.29 is 0 Å². The maximum atomic E-state index is 4.77. The molecule has 0 saturated carbocycles. The summed E-state index contributed by atoms with van der Waals surface area (Å²) in [5.41, 5.74) is 4.89. The van der Waals surface area contributed by atoms with Gasteiger partial charge in [-0.3, -0.25) is 5.10 Å². The number of thioether (sulfide) groups is 1. The topological polar surface area (TPSA) is 69.7 Å². The average molecular weight is 387 g/mol. The molecule has 1 fully saturated rings. The first kappa shape index (κ1) is 18.7. The molecule has 0 atom stereocenters. The van der Waals surface area contributed by atoms with Gasteiger partial charge < -0.3 is 10.2 Å². The van der Waals surface area contributed by atoms with Gasteiger partial charge in [0.1, 0.15) is 11.5 Å². The molecule has 146 valence electrons. The van der Waals surface area contributed by atoms with Crippen molar-refractivity contribution in [3.63, 3.8) is 0 Å². The summed E-state index contributed by atoms with van der Waals surface area (Å²) in [7, 11) is 2.19. The minimum Gasteiger partial charge on any atom is -0.367 e. The second-order valence-electron chi connectivity index (χ2n) is 8.72. The molecule has 2 aromatic rings. The van der Waals surface area contributed by atoms with Gasteiger partial charge in [-0.25, -0.2) is 9.97 Å². The lowest BCUT2D eigenvalue weighted by Crippen LogP contribution is -2.36. The summed E-state index contributed by atoms with van der Waals surface area (Å²) >= 11 is 1.59. The third kappa shape index (κ3) is 4.14. The van der Waals surface area contributed by atoms with Gasteiger partial charge >= 0.3 is 0 Å². The second-order valence-corrected chi connectivity index (χ2v) is 9.49. The van der Waals surface area contributed by atoms with E-state index in [0.717, 1.165) is 61.1 Å². The molecule has 1 saturated heterocycles. The summed E-state index contributed by atoms with van der Waals surface area (Å²) in [6, 6.07) is 2.56. The molecule has 0 unspecified atom stereocenters. The molecule has 0 aromatic carbocycles. The van der Waals surface area contributed by atoms with Gasteiger partial charge in [-0.1, -0.05) is 25.6 Å². The van der Waals surface area contributed by atoms with E-state index in [4.69, 9.17) is 9.97 Å². The highest BCUT2D eigenvalue weighted by atomic mass is 32.2. The predicted molar refractivity (Wildman–Crippen MR) is 111 cm³/mol. The molecule has 1 aliphatic carbocycles. The number of anilines is 1. The molecule has 0 amide bonds. The number of nitrogens with zero attached hydrogens (tertiary/aromatic N) is 4. The summed E-state index contributed by atoms with van der Waals surface area (Å²) < 4.78 is 0. The molecule has 3 heterocycles. The number of likely N-dealkylation sites (tertiary alicyclic amines) is 1. The molecule has 7 heteroatoms. The molecule has 27 heavy (non-hydrogen) atoms. The fraction of sp³-hybridized carbons (Fsp3) is 0.650. The summed E-state index contributed by atoms with van der Waals surface area (Å²) in [5, 5.41) is 12.4. The molecular weight excluding hydrogens is 356 g/mol. The van der Waals surface area contributed by atoms with Crippen molar-refractivity contribution in [2.45, 2.75) is 57.1 Å². The zero-order valence-electron chi connectivity index (χ0n) is 16.8. The maximum absolute atomic E-state index is 4.77. The van der Waals surface area contributed by atoms with Crippen molar-refractivity contribution in [2.75, 3.05) is 31.7 Å². The number of rotatable bonds is 4. The first-order chi connectivity index (χ1) is 12.9. The molecule has 2 N–H and O–H groups in total. The number of aromatic amines is 1. The minimum absolute atomic E-state index is 0.341. The Kier molecular flexibility index (Phi) is 5.16. The van der Waals surface area contributed by atoms with E-state index in [0.29, 0.717) is 11.5 Å². The first-order valence-corrected chi connectivity index (χ1v) is 11.1. The number of piperidine rings is 1. The Morgan fingerprint density at radius 1 is 1.26 bits per heavy atom. The van der Waals surface area contributed by atoms with Crippen LogP contribution in [0.5, 0.6) is 0 Å². The fourth-order valence-corrected chi connectivity index (χ4v) is 4.51. The van der Waals surface area contributed by atoms with Gasteiger partial charge in [-0.05, 0) is 63.9 Å². The van der Waals surface area contributed by atoms with Crippen LogP contribution in [0.3, 0.4) is 0 Å². The van der Waals surface area contributed by atoms with Crippen molar-refractivity contribution in [2.24, 2.45) is 5.41 Å². The van der Waals surface area contributed by atoms with Crippen molar-refractivity contribution in [3.8, 4) is 11.4 Å². The Bertz CT molecular complexity index is 807. The highest BCUT2D eigenvalue weighted by Gasteiger charge is 2.29. The van der Waals surface area contributed by atoms with Crippen LogP contribution < -0.4 is 5.32 Å². The number of aromatic nitrogens is 4. The lowest BCUT2D eigenvalue weighted by molar-refractivity contribution is 0.263. The first-order valence-electron chi connectivity index (χ1n) is 9.88. The van der Waals surface area contributed by atoms with Gasteiger partial charge in [0.15, 0.2) is 5.16 Å². The minimum atomic E-state index is 0.341. The zero-order chi connectivity index (χ0) is 19.0. The quantitative estimate of drug-likeness (QED) is 0.618. The van der Waals surface area contributed by atoms with Crippen LogP contribution in [0.25, 0.3) is 11.4 Å². The van der Waals surface area contributed by atoms with Crippen molar-refractivity contribution >= 4 is 17.6 Å². The molecule has 0 bridgehead atoms. The van der Waals surface area contributed by atoms with Gasteiger partial charge in [0.25, 0.3) is 0 Å². The molecule has 0 spiro atoms. The van der Waals surface area contributed by atoms with Gasteiger partial charge in [0, 0.05) is 23.4 Å². The molecule has 2 aliphatic rings. The summed E-state index contributed by atoms with van der Waals surface area (Å²) in [6.07, 6.45) is 7.63. The van der Waals surface area contributed by atoms with Crippen molar-refractivity contribution in [1.82, 2.24) is 25.1 Å². The van der Waals surface area contributed by atoms with E-state index >= 15 is 0 Å². The van der Waals surface area contributed by atoms with E-state index in [1.807, 2.05) is 6.26 Å². The molecule has 4 rings (SSSR count).